The minimum atomic E-state index is -1.81. The van der Waals surface area contributed by atoms with Crippen LogP contribution in [0.15, 0.2) is 109 Å². The quantitative estimate of drug-likeness (QED) is 0.401. The fourth-order valence-corrected chi connectivity index (χ4v) is 8.17. The molecule has 0 aliphatic rings. The molecule has 29 heavy (non-hydrogen) atoms. The highest BCUT2D eigenvalue weighted by molar-refractivity contribution is 7.95. The summed E-state index contributed by atoms with van der Waals surface area (Å²) >= 11 is 0. The van der Waals surface area contributed by atoms with Crippen molar-refractivity contribution in [1.82, 2.24) is 0 Å². The van der Waals surface area contributed by atoms with Gasteiger partial charge >= 0.3 is 0 Å². The van der Waals surface area contributed by atoms with Crippen molar-refractivity contribution in [1.29, 1.82) is 0 Å². The van der Waals surface area contributed by atoms with E-state index in [1.54, 1.807) is 0 Å². The Hall–Kier alpha value is -2.21. The Morgan fingerprint density at radius 1 is 0.517 bits per heavy atom. The van der Waals surface area contributed by atoms with Gasteiger partial charge in [0.25, 0.3) is 0 Å². The smallest absolute Gasteiger partial charge is 0.116 e. The van der Waals surface area contributed by atoms with Crippen molar-refractivity contribution >= 4 is 23.2 Å². The van der Waals surface area contributed by atoms with Crippen LogP contribution in [0.1, 0.15) is 16.7 Å². The first-order valence-electron chi connectivity index (χ1n) is 9.81. The van der Waals surface area contributed by atoms with Crippen LogP contribution in [0.3, 0.4) is 0 Å². The summed E-state index contributed by atoms with van der Waals surface area (Å²) in [5.74, 6) is 0. The topological polar surface area (TPSA) is 0 Å². The molecule has 0 saturated carbocycles. The summed E-state index contributed by atoms with van der Waals surface area (Å²) < 4.78 is 0. The van der Waals surface area contributed by atoms with Crippen molar-refractivity contribution < 1.29 is 17.0 Å². The Morgan fingerprint density at radius 2 is 0.931 bits per heavy atom. The molecule has 0 unspecified atom stereocenters. The third-order valence-electron chi connectivity index (χ3n) is 5.58. The molecule has 146 valence electrons. The van der Waals surface area contributed by atoms with Crippen LogP contribution in [0.25, 0.3) is 0 Å². The van der Waals surface area contributed by atoms with Crippen LogP contribution >= 0.6 is 7.26 Å². The molecule has 0 aromatic heterocycles. The van der Waals surface area contributed by atoms with Gasteiger partial charge in [-0.2, -0.15) is 0 Å². The van der Waals surface area contributed by atoms with Gasteiger partial charge in [0.05, 0.1) is 6.16 Å². The van der Waals surface area contributed by atoms with Gasteiger partial charge < -0.3 is 17.0 Å². The summed E-state index contributed by atoms with van der Waals surface area (Å²) in [6.45, 7) is 4.40. The van der Waals surface area contributed by atoms with E-state index < -0.39 is 7.26 Å². The van der Waals surface area contributed by atoms with Crippen LogP contribution in [-0.4, -0.2) is 0 Å². The zero-order valence-corrected chi connectivity index (χ0v) is 19.4. The molecule has 0 fully saturated rings. The molecule has 0 heterocycles. The Bertz CT molecular complexity index is 947. The van der Waals surface area contributed by atoms with Gasteiger partial charge in [0.15, 0.2) is 0 Å². The molecule has 0 aliphatic heterocycles. The molecule has 0 saturated heterocycles. The van der Waals surface area contributed by atoms with E-state index >= 15 is 0 Å². The van der Waals surface area contributed by atoms with Crippen molar-refractivity contribution in [2.45, 2.75) is 20.0 Å². The first kappa shape index (κ1) is 21.5. The van der Waals surface area contributed by atoms with Gasteiger partial charge in [-0.15, -0.1) is 0 Å². The van der Waals surface area contributed by atoms with Crippen LogP contribution in [0, 0.1) is 13.8 Å². The number of aryl methyl sites for hydroxylation is 2. The summed E-state index contributed by atoms with van der Waals surface area (Å²) in [4.78, 5) is 0. The van der Waals surface area contributed by atoms with Gasteiger partial charge in [0, 0.05) is 0 Å². The van der Waals surface area contributed by atoms with Crippen LogP contribution in [0.5, 0.6) is 0 Å². The number of hydrogen-bond acceptors (Lipinski definition) is 0. The lowest BCUT2D eigenvalue weighted by molar-refractivity contribution is -0.00000560. The van der Waals surface area contributed by atoms with Gasteiger partial charge in [0.2, 0.25) is 0 Å². The van der Waals surface area contributed by atoms with Gasteiger partial charge in [-0.05, 0) is 66.9 Å². The molecule has 4 aromatic rings. The molecule has 0 aliphatic carbocycles. The van der Waals surface area contributed by atoms with Crippen molar-refractivity contribution in [3.63, 3.8) is 0 Å². The fraction of sp³-hybridized carbons (Fsp3) is 0.111. The number of halogens is 1. The molecule has 2 heteroatoms. The van der Waals surface area contributed by atoms with E-state index in [-0.39, 0.29) is 17.0 Å². The van der Waals surface area contributed by atoms with E-state index in [9.17, 15) is 0 Å². The molecule has 0 atom stereocenters. The summed E-state index contributed by atoms with van der Waals surface area (Å²) in [5.41, 5.74) is 4.13. The SMILES string of the molecule is Cc1ccc(C[P+](c2ccccc2)(c2ccccc2)c2ccccc2)cc1C.[Br-]. The van der Waals surface area contributed by atoms with Gasteiger partial charge in [-0.25, -0.2) is 0 Å². The third kappa shape index (κ3) is 4.37. The zero-order chi connectivity index (χ0) is 19.4. The van der Waals surface area contributed by atoms with Crippen molar-refractivity contribution in [2.24, 2.45) is 0 Å². The average molecular weight is 461 g/mol. The van der Waals surface area contributed by atoms with Crippen molar-refractivity contribution in [3.8, 4) is 0 Å². The molecule has 0 radical (unpaired) electrons. The highest BCUT2D eigenvalue weighted by Crippen LogP contribution is 2.58. The summed E-state index contributed by atoms with van der Waals surface area (Å²) in [7, 11) is -1.81. The fourth-order valence-electron chi connectivity index (χ4n) is 3.94. The summed E-state index contributed by atoms with van der Waals surface area (Å²) in [6.07, 6.45) is 1.03. The number of benzene rings is 4. The minimum Gasteiger partial charge on any atom is -1.00 e. The van der Waals surface area contributed by atoms with Crippen molar-refractivity contribution in [2.75, 3.05) is 0 Å². The molecule has 4 rings (SSSR count). The van der Waals surface area contributed by atoms with Crippen LogP contribution in [0.2, 0.25) is 0 Å². The van der Waals surface area contributed by atoms with Crippen LogP contribution < -0.4 is 32.9 Å². The monoisotopic (exact) mass is 460 g/mol. The highest BCUT2D eigenvalue weighted by atomic mass is 79.9. The van der Waals surface area contributed by atoms with Crippen LogP contribution in [0.4, 0.5) is 0 Å². The average Bonchev–Trinajstić information content (AvgIpc) is 2.76. The maximum absolute atomic E-state index is 2.37. The van der Waals surface area contributed by atoms with Crippen LogP contribution in [-0.2, 0) is 6.16 Å². The second kappa shape index (κ2) is 9.53. The molecule has 0 amide bonds. The maximum atomic E-state index is 2.37. The van der Waals surface area contributed by atoms with Gasteiger partial charge in [-0.3, -0.25) is 0 Å². The lowest BCUT2D eigenvalue weighted by atomic mass is 10.1. The van der Waals surface area contributed by atoms with Crippen molar-refractivity contribution in [3.05, 3.63) is 126 Å². The molecule has 0 nitrogen and oxygen atoms in total. The maximum Gasteiger partial charge on any atom is 0.116 e. The third-order valence-corrected chi connectivity index (χ3v) is 9.96. The number of rotatable bonds is 5. The molecular weight excluding hydrogens is 435 g/mol. The Labute approximate surface area is 185 Å². The molecule has 0 N–H and O–H groups in total. The number of hydrogen-bond donors (Lipinski definition) is 0. The molecule has 0 spiro atoms. The molecule has 4 aromatic carbocycles. The Morgan fingerprint density at radius 3 is 1.31 bits per heavy atom. The molecular formula is C27H26BrP. The van der Waals surface area contributed by atoms with Gasteiger partial charge in [-0.1, -0.05) is 72.8 Å². The summed E-state index contributed by atoms with van der Waals surface area (Å²) in [6, 6.07) is 40.2. The minimum absolute atomic E-state index is 0. The first-order chi connectivity index (χ1) is 13.7. The van der Waals surface area contributed by atoms with E-state index in [0.717, 1.165) is 6.16 Å². The van der Waals surface area contributed by atoms with Gasteiger partial charge in [0.1, 0.15) is 23.2 Å². The predicted octanol–water partition coefficient (Wildman–Crippen LogP) is 2.80. The van der Waals surface area contributed by atoms with E-state index in [2.05, 4.69) is 123 Å². The van der Waals surface area contributed by atoms with E-state index in [1.807, 2.05) is 0 Å². The normalized spacial score (nSPS) is 11.0. The lowest BCUT2D eigenvalue weighted by Gasteiger charge is -2.28. The zero-order valence-electron chi connectivity index (χ0n) is 16.9. The standard InChI is InChI=1S/C27H26P.BrH/c1-22-18-19-24(20-23(22)2)21-28(25-12-6-3-7-13-25,26-14-8-4-9-15-26)27-16-10-5-11-17-27;/h3-20H,21H2,1-2H3;1H/q+1;/p-1. The Kier molecular flexibility index (Phi) is 7.06. The predicted molar refractivity (Wildman–Crippen MR) is 125 cm³/mol. The lowest BCUT2D eigenvalue weighted by Crippen LogP contribution is -3.00. The largest absolute Gasteiger partial charge is 1.00 e. The second-order valence-corrected chi connectivity index (χ2v) is 10.9. The second-order valence-electron chi connectivity index (χ2n) is 7.39. The molecule has 0 bridgehead atoms. The van der Waals surface area contributed by atoms with E-state index in [0.29, 0.717) is 0 Å². The summed E-state index contributed by atoms with van der Waals surface area (Å²) in [5, 5.41) is 4.31. The Balaban J connectivity index is 0.00000240. The van der Waals surface area contributed by atoms with E-state index in [1.165, 1.54) is 32.6 Å². The highest BCUT2D eigenvalue weighted by Gasteiger charge is 2.45. The van der Waals surface area contributed by atoms with E-state index in [4.69, 9.17) is 0 Å². The first-order valence-corrected chi connectivity index (χ1v) is 11.8.